The molecule has 4 N–H and O–H groups in total. The third kappa shape index (κ3) is 9.40. The number of Topliss-reactive ketones (excluding diaryl/α,β-unsaturated/α-hetero) is 2. The van der Waals surface area contributed by atoms with Gasteiger partial charge >= 0.3 is 7.12 Å². The van der Waals surface area contributed by atoms with Crippen LogP contribution in [0.3, 0.4) is 0 Å². The summed E-state index contributed by atoms with van der Waals surface area (Å²) >= 11 is 1.55. The number of amides is 1. The zero-order valence-electron chi connectivity index (χ0n) is 26.6. The van der Waals surface area contributed by atoms with Gasteiger partial charge in [-0.25, -0.2) is 15.1 Å². The average Bonchev–Trinajstić information content (AvgIpc) is 3.26. The zero-order valence-corrected chi connectivity index (χ0v) is 27.4. The van der Waals surface area contributed by atoms with Gasteiger partial charge in [0, 0.05) is 43.2 Å². The largest absolute Gasteiger partial charge is 0.481 e. The summed E-state index contributed by atoms with van der Waals surface area (Å²) in [6.07, 6.45) is 4.39. The third-order valence-corrected chi connectivity index (χ3v) is 10.5. The van der Waals surface area contributed by atoms with Crippen molar-refractivity contribution in [1.82, 2.24) is 10.7 Å². The maximum absolute atomic E-state index is 13.7. The predicted octanol–water partition coefficient (Wildman–Crippen LogP) is 3.34. The molecule has 0 aromatic carbocycles. The highest BCUT2D eigenvalue weighted by atomic mass is 32.2. The number of nitrogens with zero attached hydrogens (tertiary/aromatic N) is 2. The summed E-state index contributed by atoms with van der Waals surface area (Å²) in [6, 6.07) is 0. The highest BCUT2D eigenvalue weighted by Gasteiger charge is 2.68. The smallest absolute Gasteiger partial charge is 0.404 e. The van der Waals surface area contributed by atoms with Crippen molar-refractivity contribution >= 4 is 42.3 Å². The highest BCUT2D eigenvalue weighted by Crippen LogP contribution is 2.65. The van der Waals surface area contributed by atoms with Gasteiger partial charge in [-0.1, -0.05) is 33.1 Å². The van der Waals surface area contributed by atoms with Crippen LogP contribution < -0.4 is 16.5 Å². The molecule has 1 heterocycles. The summed E-state index contributed by atoms with van der Waals surface area (Å²) in [6.45, 7) is 12.7. The number of hydrazine groups is 1. The fourth-order valence-corrected chi connectivity index (χ4v) is 8.00. The van der Waals surface area contributed by atoms with Gasteiger partial charge in [0.05, 0.1) is 17.6 Å². The molecule has 0 unspecified atom stereocenters. The third-order valence-electron chi connectivity index (χ3n) is 9.52. The van der Waals surface area contributed by atoms with E-state index < -0.39 is 23.7 Å². The molecule has 0 aromatic rings. The van der Waals surface area contributed by atoms with Crippen LogP contribution in [-0.2, 0) is 23.7 Å². The summed E-state index contributed by atoms with van der Waals surface area (Å²) in [5, 5.41) is 13.0. The lowest BCUT2D eigenvalue weighted by Gasteiger charge is -2.64. The number of carbonyl (C=O) groups is 3. The monoisotopic (exact) mass is 623 g/mol. The van der Waals surface area contributed by atoms with E-state index in [0.29, 0.717) is 55.4 Å². The molecule has 242 valence electrons. The fraction of sp³-hybridized carbons (Fsp3) is 0.862. The van der Waals surface area contributed by atoms with E-state index in [1.165, 1.54) is 0 Å². The van der Waals surface area contributed by atoms with Gasteiger partial charge in [0.15, 0.2) is 5.03 Å². The Bertz CT molecular complexity index is 1060. The molecule has 1 aliphatic heterocycles. The lowest BCUT2D eigenvalue weighted by atomic mass is 9.43. The summed E-state index contributed by atoms with van der Waals surface area (Å²) in [4.78, 5) is 52.3. The summed E-state index contributed by atoms with van der Waals surface area (Å²) in [7, 11) is -0.567. The fourth-order valence-electron chi connectivity index (χ4n) is 6.99. The standard InChI is InChI=1S/C29H50BN5O7S/c1-18(2)14-25(30-41-24-17-21-16-23(28(21,4)5)29(24,6)42-30)33-26(38)20(8-7-11-32-27(31)34-35(39)40)15-22(37)10-13-43-12-9-19(3)36/h18,20-21,23-25H,7-17H2,1-6H3,(H,33,38)(H3,31,32,34)/t20-,21-,23-,24-,25+,29+/m1/s1. The molecule has 4 rings (SSSR count). The Morgan fingerprint density at radius 2 is 1.88 bits per heavy atom. The number of nitrogens with two attached hydrogens (primary N) is 1. The van der Waals surface area contributed by atoms with Crippen molar-refractivity contribution in [3.8, 4) is 0 Å². The second-order valence-electron chi connectivity index (χ2n) is 13.6. The number of hydrogen-bond donors (Lipinski definition) is 3. The topological polar surface area (TPSA) is 175 Å². The molecular formula is C29H50BN5O7S. The van der Waals surface area contributed by atoms with Gasteiger partial charge in [-0.15, -0.1) is 0 Å². The summed E-state index contributed by atoms with van der Waals surface area (Å²) in [5.74, 6) is 1.13. The van der Waals surface area contributed by atoms with E-state index in [4.69, 9.17) is 15.0 Å². The van der Waals surface area contributed by atoms with Crippen molar-refractivity contribution in [2.45, 2.75) is 111 Å². The van der Waals surface area contributed by atoms with Crippen molar-refractivity contribution in [2.75, 3.05) is 18.1 Å². The van der Waals surface area contributed by atoms with Crippen LogP contribution in [0.15, 0.2) is 4.99 Å². The zero-order chi connectivity index (χ0) is 31.9. The number of hydrogen-bond acceptors (Lipinski definition) is 9. The van der Waals surface area contributed by atoms with E-state index in [1.54, 1.807) is 24.1 Å². The number of thioether (sulfide) groups is 1. The minimum absolute atomic E-state index is 0.00480. The number of ketones is 2. The van der Waals surface area contributed by atoms with E-state index in [2.05, 4.69) is 44.9 Å². The van der Waals surface area contributed by atoms with Crippen LogP contribution in [0.25, 0.3) is 0 Å². The van der Waals surface area contributed by atoms with E-state index >= 15 is 0 Å². The molecular weight excluding hydrogens is 573 g/mol. The van der Waals surface area contributed by atoms with Crippen molar-refractivity contribution in [3.05, 3.63) is 10.1 Å². The van der Waals surface area contributed by atoms with E-state index in [0.717, 1.165) is 12.8 Å². The quantitative estimate of drug-likeness (QED) is 0.0513. The molecule has 0 spiro atoms. The van der Waals surface area contributed by atoms with E-state index in [9.17, 15) is 24.5 Å². The molecule has 12 nitrogen and oxygen atoms in total. The van der Waals surface area contributed by atoms with Crippen molar-refractivity contribution in [1.29, 1.82) is 0 Å². The Hall–Kier alpha value is -2.19. The molecule has 1 amide bonds. The molecule has 0 radical (unpaired) electrons. The van der Waals surface area contributed by atoms with Gasteiger partial charge in [0.2, 0.25) is 5.91 Å². The number of nitro groups is 1. The van der Waals surface area contributed by atoms with Gasteiger partial charge in [-0.3, -0.25) is 14.4 Å². The first-order valence-corrected chi connectivity index (χ1v) is 16.7. The number of nitrogens with one attached hydrogen (secondary N) is 2. The minimum atomic E-state index is -0.787. The highest BCUT2D eigenvalue weighted by molar-refractivity contribution is 7.99. The lowest BCUT2D eigenvalue weighted by molar-refractivity contribution is -0.525. The van der Waals surface area contributed by atoms with Crippen LogP contribution in [0.5, 0.6) is 0 Å². The molecule has 0 aromatic heterocycles. The molecule has 43 heavy (non-hydrogen) atoms. The predicted molar refractivity (Wildman–Crippen MR) is 168 cm³/mol. The van der Waals surface area contributed by atoms with Crippen molar-refractivity contribution in [3.63, 3.8) is 0 Å². The molecule has 3 saturated carbocycles. The van der Waals surface area contributed by atoms with E-state index in [-0.39, 0.29) is 59.8 Å². The second-order valence-corrected chi connectivity index (χ2v) is 14.8. The van der Waals surface area contributed by atoms with Crippen molar-refractivity contribution < 1.29 is 28.7 Å². The molecule has 6 atom stereocenters. The van der Waals surface area contributed by atoms with Crippen LogP contribution >= 0.6 is 11.8 Å². The molecule has 2 bridgehead atoms. The van der Waals surface area contributed by atoms with Crippen LogP contribution in [-0.4, -0.2) is 71.3 Å². The maximum atomic E-state index is 13.7. The summed E-state index contributed by atoms with van der Waals surface area (Å²) < 4.78 is 13.2. The molecule has 4 aliphatic rings. The number of rotatable bonds is 18. The number of guanidine groups is 1. The summed E-state index contributed by atoms with van der Waals surface area (Å²) in [5.41, 5.74) is 7.13. The van der Waals surface area contributed by atoms with Crippen molar-refractivity contribution in [2.24, 2.45) is 39.8 Å². The second kappa shape index (κ2) is 15.2. The normalized spacial score (nSPS) is 27.2. The number of aliphatic imine (C=N–C) groups is 1. The Balaban J connectivity index is 1.65. The van der Waals surface area contributed by atoms with Gasteiger partial charge in [0.25, 0.3) is 5.96 Å². The molecule has 1 saturated heterocycles. The lowest BCUT2D eigenvalue weighted by Crippen LogP contribution is -2.65. The van der Waals surface area contributed by atoms with Crippen LogP contribution in [0.1, 0.15) is 92.9 Å². The maximum Gasteiger partial charge on any atom is 0.481 e. The first-order valence-electron chi connectivity index (χ1n) is 15.6. The first kappa shape index (κ1) is 35.3. The van der Waals surface area contributed by atoms with Gasteiger partial charge in [-0.2, -0.15) is 11.8 Å². The molecule has 4 fully saturated rings. The van der Waals surface area contributed by atoms with Crippen LogP contribution in [0, 0.1) is 39.2 Å². The minimum Gasteiger partial charge on any atom is -0.404 e. The average molecular weight is 624 g/mol. The Morgan fingerprint density at radius 1 is 1.19 bits per heavy atom. The van der Waals surface area contributed by atoms with Gasteiger partial charge in [0.1, 0.15) is 11.6 Å². The Morgan fingerprint density at radius 3 is 2.51 bits per heavy atom. The SMILES string of the molecule is CC(=O)CCSCCC(=O)C[C@@H](CCCN=C(N)N[N+](=O)[O-])C(=O)N[C@@H](CC(C)C)B1O[C@@H]2C[C@H]3C[C@H](C3(C)C)[C@]2(C)O1. The first-order chi connectivity index (χ1) is 20.1. The Labute approximate surface area is 260 Å². The Kier molecular flexibility index (Phi) is 12.5. The van der Waals surface area contributed by atoms with Gasteiger partial charge < -0.3 is 20.4 Å². The van der Waals surface area contributed by atoms with Crippen LogP contribution in [0.2, 0.25) is 0 Å². The number of carbonyl (C=O) groups excluding carboxylic acids is 3. The molecule has 3 aliphatic carbocycles. The molecule has 14 heteroatoms. The van der Waals surface area contributed by atoms with E-state index in [1.807, 2.05) is 0 Å². The van der Waals surface area contributed by atoms with Gasteiger partial charge in [-0.05, 0) is 69.1 Å². The van der Waals surface area contributed by atoms with Crippen LogP contribution in [0.4, 0.5) is 0 Å².